The van der Waals surface area contributed by atoms with Crippen LogP contribution in [0.4, 0.5) is 10.7 Å². The van der Waals surface area contributed by atoms with Crippen LogP contribution in [0.2, 0.25) is 5.02 Å². The molecule has 0 radical (unpaired) electrons. The van der Waals surface area contributed by atoms with Gasteiger partial charge in [-0.2, -0.15) is 5.10 Å². The van der Waals surface area contributed by atoms with Gasteiger partial charge in [0.1, 0.15) is 5.00 Å². The molecule has 0 amide bonds. The van der Waals surface area contributed by atoms with E-state index in [2.05, 4.69) is 15.7 Å². The van der Waals surface area contributed by atoms with Crippen molar-refractivity contribution in [1.29, 1.82) is 0 Å². The predicted octanol–water partition coefficient (Wildman–Crippen LogP) is 5.90. The summed E-state index contributed by atoms with van der Waals surface area (Å²) in [5, 5.41) is 12.5. The van der Waals surface area contributed by atoms with Crippen LogP contribution in [0.15, 0.2) is 36.7 Å². The third kappa shape index (κ3) is 5.49. The summed E-state index contributed by atoms with van der Waals surface area (Å²) in [5.74, 6) is -0.312. The number of anilines is 2. The molecular weight excluding hydrogens is 464 g/mol. The Morgan fingerprint density at radius 2 is 2.06 bits per heavy atom. The number of hydrogen-bond acceptors (Lipinski definition) is 5. The fraction of sp³-hybridized carbons (Fsp3) is 0.348. The van der Waals surface area contributed by atoms with Crippen LogP contribution in [-0.2, 0) is 24.1 Å². The molecule has 0 saturated carbocycles. The molecule has 1 aliphatic carbocycles. The topological polar surface area (TPSA) is 68.2 Å². The zero-order valence-electron chi connectivity index (χ0n) is 17.8. The van der Waals surface area contributed by atoms with Gasteiger partial charge in [-0.1, -0.05) is 36.6 Å². The summed E-state index contributed by atoms with van der Waals surface area (Å²) in [7, 11) is 1.42. The molecule has 32 heavy (non-hydrogen) atoms. The smallest absolute Gasteiger partial charge is 0.341 e. The van der Waals surface area contributed by atoms with Gasteiger partial charge in [0.25, 0.3) is 0 Å². The third-order valence-corrected chi connectivity index (χ3v) is 7.03. The largest absolute Gasteiger partial charge is 0.465 e. The molecule has 2 aromatic heterocycles. The first-order valence-corrected chi connectivity index (χ1v) is 12.2. The molecule has 0 fully saturated rings. The number of nitrogens with one attached hydrogen (secondary N) is 2. The highest BCUT2D eigenvalue weighted by Gasteiger charge is 2.25. The monoisotopic (exact) mass is 488 g/mol. The Kier molecular flexibility index (Phi) is 7.44. The highest BCUT2D eigenvalue weighted by atomic mass is 35.5. The van der Waals surface area contributed by atoms with E-state index in [4.69, 9.17) is 28.6 Å². The molecule has 9 heteroatoms. The fourth-order valence-corrected chi connectivity index (χ4v) is 5.67. The Labute approximate surface area is 201 Å². The average Bonchev–Trinajstić information content (AvgIpc) is 3.30. The molecule has 0 atom stereocenters. The number of fused-ring (bicyclic) bond motifs is 1. The first-order valence-electron chi connectivity index (χ1n) is 10.6. The average molecular weight is 489 g/mol. The van der Waals surface area contributed by atoms with Crippen molar-refractivity contribution in [3.05, 3.63) is 63.2 Å². The summed E-state index contributed by atoms with van der Waals surface area (Å²) < 4.78 is 6.87. The maximum Gasteiger partial charge on any atom is 0.341 e. The molecule has 4 rings (SSSR count). The second-order valence-corrected chi connectivity index (χ2v) is 9.70. The van der Waals surface area contributed by atoms with Gasteiger partial charge in [-0.15, -0.1) is 11.3 Å². The molecule has 3 aromatic rings. The van der Waals surface area contributed by atoms with Gasteiger partial charge < -0.3 is 15.4 Å². The van der Waals surface area contributed by atoms with Crippen molar-refractivity contribution in [2.75, 3.05) is 17.7 Å². The number of aromatic nitrogens is 2. The Bertz CT molecular complexity index is 1130. The Hall–Kier alpha value is -2.42. The minimum absolute atomic E-state index is 0.312. The number of rotatable bonds is 5. The maximum absolute atomic E-state index is 12.6. The van der Waals surface area contributed by atoms with Gasteiger partial charge in [0, 0.05) is 16.8 Å². The molecule has 6 nitrogen and oxygen atoms in total. The van der Waals surface area contributed by atoms with E-state index in [1.165, 1.54) is 24.8 Å². The van der Waals surface area contributed by atoms with Crippen LogP contribution in [0.25, 0.3) is 0 Å². The number of halogens is 1. The summed E-state index contributed by atoms with van der Waals surface area (Å²) in [4.78, 5) is 13.8. The van der Waals surface area contributed by atoms with Crippen LogP contribution in [-0.4, -0.2) is 28.0 Å². The summed E-state index contributed by atoms with van der Waals surface area (Å²) in [6.07, 6.45) is 9.95. The number of aryl methyl sites for hydroxylation is 1. The van der Waals surface area contributed by atoms with Crippen LogP contribution in [0.5, 0.6) is 0 Å². The Balaban J connectivity index is 1.50. The molecule has 168 valence electrons. The Morgan fingerprint density at radius 3 is 2.81 bits per heavy atom. The van der Waals surface area contributed by atoms with E-state index < -0.39 is 0 Å². The maximum atomic E-state index is 12.6. The zero-order chi connectivity index (χ0) is 22.5. The lowest BCUT2D eigenvalue weighted by molar-refractivity contribution is 0.0601. The van der Waals surface area contributed by atoms with Crippen molar-refractivity contribution < 1.29 is 9.53 Å². The van der Waals surface area contributed by atoms with Crippen molar-refractivity contribution in [3.63, 3.8) is 0 Å². The van der Waals surface area contributed by atoms with Gasteiger partial charge in [0.2, 0.25) is 0 Å². The molecule has 2 heterocycles. The number of thiophene rings is 1. The van der Waals surface area contributed by atoms with E-state index in [1.807, 2.05) is 24.3 Å². The van der Waals surface area contributed by atoms with Crippen molar-refractivity contribution in [1.82, 2.24) is 9.78 Å². The van der Waals surface area contributed by atoms with Gasteiger partial charge in [-0.25, -0.2) is 4.79 Å². The van der Waals surface area contributed by atoms with E-state index >= 15 is 0 Å². The number of nitrogens with zero attached hydrogens (tertiary/aromatic N) is 2. The second-order valence-electron chi connectivity index (χ2n) is 7.75. The SMILES string of the molecule is COC(=O)c1c(NC(=S)Nc2cccc(Cn3cc(Cl)cn3)c2)sc2c1CCCCCC2. The molecule has 0 bridgehead atoms. The van der Waals surface area contributed by atoms with Crippen molar-refractivity contribution in [2.45, 2.75) is 45.1 Å². The third-order valence-electron chi connectivity index (χ3n) is 5.42. The first-order chi connectivity index (χ1) is 15.5. The summed E-state index contributed by atoms with van der Waals surface area (Å²) >= 11 is 13.1. The lowest BCUT2D eigenvalue weighted by atomic mass is 9.96. The lowest BCUT2D eigenvalue weighted by Crippen LogP contribution is -2.20. The highest BCUT2D eigenvalue weighted by molar-refractivity contribution is 7.80. The van der Waals surface area contributed by atoms with Crippen LogP contribution < -0.4 is 10.6 Å². The van der Waals surface area contributed by atoms with Crippen LogP contribution in [0, 0.1) is 0 Å². The number of hydrogen-bond donors (Lipinski definition) is 2. The van der Waals surface area contributed by atoms with E-state index in [0.717, 1.165) is 47.5 Å². The standard InChI is InChI=1S/C23H25ClN4O2S2/c1-30-22(29)20-18-9-4-2-3-5-10-19(18)32-21(20)27-23(31)26-17-8-6-7-15(11-17)13-28-14-16(24)12-25-28/h6-8,11-12,14H,2-5,9-10,13H2,1H3,(H2,26,27,31). The van der Waals surface area contributed by atoms with Crippen molar-refractivity contribution in [2.24, 2.45) is 0 Å². The highest BCUT2D eigenvalue weighted by Crippen LogP contribution is 2.37. The molecule has 0 unspecified atom stereocenters. The van der Waals surface area contributed by atoms with Crippen LogP contribution in [0.3, 0.4) is 0 Å². The van der Waals surface area contributed by atoms with Gasteiger partial charge in [0.15, 0.2) is 5.11 Å². The lowest BCUT2D eigenvalue weighted by Gasteiger charge is -2.13. The molecule has 1 aliphatic rings. The number of thiocarbonyl (C=S) groups is 1. The molecule has 0 aliphatic heterocycles. The van der Waals surface area contributed by atoms with Crippen LogP contribution >= 0.6 is 35.2 Å². The quantitative estimate of drug-likeness (QED) is 0.344. The van der Waals surface area contributed by atoms with E-state index in [-0.39, 0.29) is 5.97 Å². The number of esters is 1. The van der Waals surface area contributed by atoms with E-state index in [9.17, 15) is 4.79 Å². The van der Waals surface area contributed by atoms with Crippen molar-refractivity contribution >= 4 is 56.9 Å². The number of methoxy groups -OCH3 is 1. The van der Waals surface area contributed by atoms with Gasteiger partial charge >= 0.3 is 5.97 Å². The minimum Gasteiger partial charge on any atom is -0.465 e. The summed E-state index contributed by atoms with van der Waals surface area (Å²) in [5.41, 5.74) is 3.66. The van der Waals surface area contributed by atoms with E-state index in [0.29, 0.717) is 22.2 Å². The molecule has 0 spiro atoms. The first kappa shape index (κ1) is 22.8. The molecular formula is C23H25ClN4O2S2. The van der Waals surface area contributed by atoms with Crippen LogP contribution in [0.1, 0.15) is 52.0 Å². The Morgan fingerprint density at radius 1 is 1.25 bits per heavy atom. The predicted molar refractivity (Wildman–Crippen MR) is 134 cm³/mol. The summed E-state index contributed by atoms with van der Waals surface area (Å²) in [6, 6.07) is 7.94. The summed E-state index contributed by atoms with van der Waals surface area (Å²) in [6.45, 7) is 0.604. The fourth-order valence-electron chi connectivity index (χ4n) is 3.95. The zero-order valence-corrected chi connectivity index (χ0v) is 20.2. The molecule has 0 saturated heterocycles. The van der Waals surface area contributed by atoms with Crippen molar-refractivity contribution in [3.8, 4) is 0 Å². The number of benzene rings is 1. The number of ether oxygens (including phenoxy) is 1. The van der Waals surface area contributed by atoms with E-state index in [1.54, 1.807) is 28.4 Å². The minimum atomic E-state index is -0.312. The van der Waals surface area contributed by atoms with Gasteiger partial charge in [0.05, 0.1) is 30.4 Å². The normalized spacial score (nSPS) is 13.6. The molecule has 2 N–H and O–H groups in total. The number of carbonyl (C=O) groups excluding carboxylic acids is 1. The molecule has 1 aromatic carbocycles. The second kappa shape index (κ2) is 10.5. The number of carbonyl (C=O) groups is 1. The van der Waals surface area contributed by atoms with Gasteiger partial charge in [-0.3, -0.25) is 4.68 Å². The van der Waals surface area contributed by atoms with Gasteiger partial charge in [-0.05, 0) is 61.2 Å².